The zero-order valence-electron chi connectivity index (χ0n) is 21.4. The van der Waals surface area contributed by atoms with Gasteiger partial charge in [-0.3, -0.25) is 9.59 Å². The van der Waals surface area contributed by atoms with Crippen LogP contribution in [0.1, 0.15) is 53.6 Å². The van der Waals surface area contributed by atoms with Crippen molar-refractivity contribution in [2.45, 2.75) is 38.5 Å². The van der Waals surface area contributed by atoms with Crippen molar-refractivity contribution in [1.29, 1.82) is 0 Å². The van der Waals surface area contributed by atoms with E-state index in [-0.39, 0.29) is 11.8 Å². The number of hydrogen-bond donors (Lipinski definition) is 0. The van der Waals surface area contributed by atoms with E-state index in [2.05, 4.69) is 16.0 Å². The third kappa shape index (κ3) is 6.16. The van der Waals surface area contributed by atoms with Crippen LogP contribution >= 0.6 is 0 Å². The molecule has 3 aromatic rings. The van der Waals surface area contributed by atoms with Crippen molar-refractivity contribution < 1.29 is 14.3 Å². The van der Waals surface area contributed by atoms with Crippen LogP contribution in [0.15, 0.2) is 61.2 Å². The Labute approximate surface area is 218 Å². The summed E-state index contributed by atoms with van der Waals surface area (Å²) in [5.74, 6) is 1.58. The molecule has 0 N–H and O–H groups in total. The first-order valence-electron chi connectivity index (χ1n) is 13.2. The molecule has 5 rings (SSSR count). The van der Waals surface area contributed by atoms with E-state index in [4.69, 9.17) is 4.74 Å². The second kappa shape index (κ2) is 11.5. The van der Waals surface area contributed by atoms with Crippen molar-refractivity contribution in [2.75, 3.05) is 33.3 Å². The molecule has 0 saturated heterocycles. The van der Waals surface area contributed by atoms with E-state index in [9.17, 15) is 9.59 Å². The summed E-state index contributed by atoms with van der Waals surface area (Å²) in [6, 6.07) is 13.9. The molecule has 1 aliphatic heterocycles. The van der Waals surface area contributed by atoms with Crippen LogP contribution in [0.3, 0.4) is 0 Å². The molecule has 7 nitrogen and oxygen atoms in total. The highest BCUT2D eigenvalue weighted by Crippen LogP contribution is 2.31. The van der Waals surface area contributed by atoms with Crippen molar-refractivity contribution in [3.05, 3.63) is 77.9 Å². The monoisotopic (exact) mass is 498 g/mol. The van der Waals surface area contributed by atoms with E-state index in [1.165, 1.54) is 25.6 Å². The first kappa shape index (κ1) is 24.9. The Bertz CT molecular complexity index is 1240. The summed E-state index contributed by atoms with van der Waals surface area (Å²) in [6.45, 7) is 1.87. The third-order valence-electron chi connectivity index (χ3n) is 7.54. The minimum absolute atomic E-state index is 0.0348. The molecule has 192 valence electrons. The van der Waals surface area contributed by atoms with Gasteiger partial charge < -0.3 is 14.5 Å². The molecule has 2 aliphatic rings. The van der Waals surface area contributed by atoms with E-state index < -0.39 is 0 Å². The molecule has 2 amide bonds. The van der Waals surface area contributed by atoms with E-state index in [1.54, 1.807) is 24.3 Å². The largest absolute Gasteiger partial charge is 0.491 e. The highest BCUT2D eigenvalue weighted by Gasteiger charge is 2.22. The van der Waals surface area contributed by atoms with Gasteiger partial charge in [0.05, 0.1) is 6.54 Å². The number of nitrogens with zero attached hydrogens (tertiary/aromatic N) is 4. The Balaban J connectivity index is 1.42. The fourth-order valence-corrected chi connectivity index (χ4v) is 5.01. The quantitative estimate of drug-likeness (QED) is 0.525. The van der Waals surface area contributed by atoms with Crippen LogP contribution in [0.4, 0.5) is 0 Å². The van der Waals surface area contributed by atoms with Gasteiger partial charge in [-0.15, -0.1) is 0 Å². The predicted octanol–water partition coefficient (Wildman–Crippen LogP) is 4.61. The highest BCUT2D eigenvalue weighted by atomic mass is 16.5. The second-order valence-electron chi connectivity index (χ2n) is 10.1. The van der Waals surface area contributed by atoms with Gasteiger partial charge in [0, 0.05) is 56.5 Å². The smallest absolute Gasteiger partial charge is 0.253 e. The van der Waals surface area contributed by atoms with Gasteiger partial charge in [-0.25, -0.2) is 9.97 Å². The zero-order chi connectivity index (χ0) is 25.6. The summed E-state index contributed by atoms with van der Waals surface area (Å²) >= 11 is 0. The molecule has 37 heavy (non-hydrogen) atoms. The Morgan fingerprint density at radius 1 is 1.00 bits per heavy atom. The molecule has 0 radical (unpaired) electrons. The van der Waals surface area contributed by atoms with Gasteiger partial charge in [0.1, 0.15) is 18.7 Å². The first-order valence-corrected chi connectivity index (χ1v) is 13.2. The number of likely N-dealkylation sites (N-methyl/N-ethyl adjacent to an activating group) is 1. The number of ether oxygens (including phenoxy) is 1. The minimum atomic E-state index is -0.0348. The first-order chi connectivity index (χ1) is 18.1. The van der Waals surface area contributed by atoms with Gasteiger partial charge in [-0.1, -0.05) is 37.5 Å². The van der Waals surface area contributed by atoms with Gasteiger partial charge in [0.25, 0.3) is 5.91 Å². The van der Waals surface area contributed by atoms with Crippen LogP contribution in [0.2, 0.25) is 0 Å². The zero-order valence-corrected chi connectivity index (χ0v) is 21.4. The van der Waals surface area contributed by atoms with Crippen molar-refractivity contribution >= 4 is 11.8 Å². The average molecular weight is 499 g/mol. The number of carbonyl (C=O) groups is 2. The van der Waals surface area contributed by atoms with E-state index in [0.717, 1.165) is 34.4 Å². The molecule has 0 unspecified atom stereocenters. The Morgan fingerprint density at radius 2 is 1.84 bits per heavy atom. The maximum absolute atomic E-state index is 13.2. The molecule has 0 atom stereocenters. The Kier molecular flexibility index (Phi) is 7.78. The van der Waals surface area contributed by atoms with Crippen LogP contribution in [-0.4, -0.2) is 64.9 Å². The summed E-state index contributed by atoms with van der Waals surface area (Å²) in [5, 5.41) is 0. The van der Waals surface area contributed by atoms with Gasteiger partial charge in [0.15, 0.2) is 0 Å². The Hall–Kier alpha value is -3.74. The Morgan fingerprint density at radius 3 is 2.62 bits per heavy atom. The number of amides is 2. The van der Waals surface area contributed by atoms with Crippen molar-refractivity contribution in [2.24, 2.45) is 5.92 Å². The van der Waals surface area contributed by atoms with Gasteiger partial charge >= 0.3 is 0 Å². The lowest BCUT2D eigenvalue weighted by molar-refractivity contribution is -0.132. The summed E-state index contributed by atoms with van der Waals surface area (Å²) in [5.41, 5.74) is 4.63. The molecule has 1 aliphatic carbocycles. The highest BCUT2D eigenvalue weighted by molar-refractivity contribution is 5.94. The number of benzene rings is 2. The molecule has 2 heterocycles. The van der Waals surface area contributed by atoms with Crippen molar-refractivity contribution in [1.82, 2.24) is 19.8 Å². The SMILES string of the molecule is CN1CCN(C(=O)CCC2CCC2)CCOc2ccc(-c3cncnc3)cc2Cc2cccc(c2)C1=O. The average Bonchev–Trinajstić information content (AvgIpc) is 2.90. The van der Waals surface area contributed by atoms with Crippen LogP contribution in [0, 0.1) is 5.92 Å². The topological polar surface area (TPSA) is 75.6 Å². The number of hydrogen-bond acceptors (Lipinski definition) is 5. The fraction of sp³-hybridized carbons (Fsp3) is 0.400. The van der Waals surface area contributed by atoms with Crippen LogP contribution in [-0.2, 0) is 11.2 Å². The molecular weight excluding hydrogens is 464 g/mol. The van der Waals surface area contributed by atoms with Crippen LogP contribution in [0.25, 0.3) is 11.1 Å². The molecule has 1 aromatic heterocycles. The van der Waals surface area contributed by atoms with Gasteiger partial charge in [0.2, 0.25) is 5.91 Å². The van der Waals surface area contributed by atoms with E-state index in [0.29, 0.717) is 50.6 Å². The number of fused-ring (bicyclic) bond motifs is 3. The standard InChI is InChI=1S/C30H34N4O3/c1-33-12-13-34(29(35)11-8-22-4-2-5-22)14-15-37-28-10-9-24(27-19-31-21-32-20-27)18-26(28)17-23-6-3-7-25(16-23)30(33)36/h3,6-7,9-10,16,18-22H,2,4-5,8,11-15,17H2,1H3. The maximum atomic E-state index is 13.2. The third-order valence-corrected chi connectivity index (χ3v) is 7.54. The molecule has 7 heteroatoms. The lowest BCUT2D eigenvalue weighted by Crippen LogP contribution is -2.41. The van der Waals surface area contributed by atoms with E-state index in [1.807, 2.05) is 41.3 Å². The summed E-state index contributed by atoms with van der Waals surface area (Å²) in [4.78, 5) is 38.2. The molecule has 2 aromatic carbocycles. The molecule has 0 spiro atoms. The normalized spacial score (nSPS) is 16.8. The minimum Gasteiger partial charge on any atom is -0.491 e. The lowest BCUT2D eigenvalue weighted by Gasteiger charge is -2.29. The van der Waals surface area contributed by atoms with Crippen LogP contribution < -0.4 is 4.74 Å². The summed E-state index contributed by atoms with van der Waals surface area (Å²) < 4.78 is 6.28. The van der Waals surface area contributed by atoms with Gasteiger partial charge in [-0.2, -0.15) is 0 Å². The molecule has 2 bridgehead atoms. The number of carbonyl (C=O) groups excluding carboxylic acids is 2. The summed E-state index contributed by atoms with van der Waals surface area (Å²) in [6.07, 6.45) is 11.0. The molecular formula is C30H34N4O3. The van der Waals surface area contributed by atoms with E-state index >= 15 is 0 Å². The fourth-order valence-electron chi connectivity index (χ4n) is 5.01. The number of aromatic nitrogens is 2. The summed E-state index contributed by atoms with van der Waals surface area (Å²) in [7, 11) is 1.80. The predicted molar refractivity (Wildman–Crippen MR) is 142 cm³/mol. The number of rotatable bonds is 4. The van der Waals surface area contributed by atoms with Crippen LogP contribution in [0.5, 0.6) is 5.75 Å². The second-order valence-corrected chi connectivity index (χ2v) is 10.1. The molecule has 1 saturated carbocycles. The molecule has 1 fully saturated rings. The maximum Gasteiger partial charge on any atom is 0.253 e. The lowest BCUT2D eigenvalue weighted by atomic mass is 9.82. The van der Waals surface area contributed by atoms with Gasteiger partial charge in [-0.05, 0) is 53.3 Å². The van der Waals surface area contributed by atoms with Crippen molar-refractivity contribution in [3.8, 4) is 16.9 Å². The van der Waals surface area contributed by atoms with Crippen molar-refractivity contribution in [3.63, 3.8) is 0 Å².